The van der Waals surface area contributed by atoms with Gasteiger partial charge in [0.1, 0.15) is 17.3 Å². The minimum absolute atomic E-state index is 0.0949. The van der Waals surface area contributed by atoms with Gasteiger partial charge in [-0.1, -0.05) is 0 Å². The van der Waals surface area contributed by atoms with Crippen LogP contribution in [0.5, 0.6) is 0 Å². The SMILES string of the molecule is Cc1ncc(-c2cc([C@H]3CCCN(C(=O)c4ccc(F)cc4F)C3)[nH]n2)s1. The Morgan fingerprint density at radius 1 is 1.33 bits per heavy atom. The zero-order valence-electron chi connectivity index (χ0n) is 14.7. The van der Waals surface area contributed by atoms with E-state index in [1.54, 1.807) is 22.4 Å². The molecule has 27 heavy (non-hydrogen) atoms. The number of hydrogen-bond donors (Lipinski definition) is 1. The normalized spacial score (nSPS) is 17.3. The molecule has 1 fully saturated rings. The number of nitrogens with one attached hydrogen (secondary N) is 1. The van der Waals surface area contributed by atoms with Crippen LogP contribution in [0.15, 0.2) is 30.5 Å². The van der Waals surface area contributed by atoms with E-state index in [0.29, 0.717) is 13.1 Å². The molecular formula is C19H18F2N4OS. The number of likely N-dealkylation sites (tertiary alicyclic amines) is 1. The monoisotopic (exact) mass is 388 g/mol. The largest absolute Gasteiger partial charge is 0.338 e. The van der Waals surface area contributed by atoms with Crippen LogP contribution in [-0.2, 0) is 0 Å². The van der Waals surface area contributed by atoms with E-state index in [2.05, 4.69) is 15.2 Å². The fourth-order valence-corrected chi connectivity index (χ4v) is 4.14. The van der Waals surface area contributed by atoms with Gasteiger partial charge in [-0.3, -0.25) is 9.89 Å². The number of carbonyl (C=O) groups excluding carboxylic acids is 1. The Balaban J connectivity index is 1.51. The van der Waals surface area contributed by atoms with Gasteiger partial charge >= 0.3 is 0 Å². The predicted molar refractivity (Wildman–Crippen MR) is 98.7 cm³/mol. The van der Waals surface area contributed by atoms with Crippen molar-refractivity contribution >= 4 is 17.2 Å². The van der Waals surface area contributed by atoms with Gasteiger partial charge < -0.3 is 4.90 Å². The predicted octanol–water partition coefficient (Wildman–Crippen LogP) is 4.14. The number of carbonyl (C=O) groups is 1. The van der Waals surface area contributed by atoms with Gasteiger partial charge in [-0.25, -0.2) is 13.8 Å². The first-order valence-electron chi connectivity index (χ1n) is 8.73. The number of halogens is 2. The van der Waals surface area contributed by atoms with Crippen molar-refractivity contribution in [3.05, 3.63) is 58.4 Å². The molecule has 0 radical (unpaired) electrons. The zero-order valence-corrected chi connectivity index (χ0v) is 15.5. The summed E-state index contributed by atoms with van der Waals surface area (Å²) in [5.74, 6) is -1.83. The molecule has 3 aromatic rings. The lowest BCUT2D eigenvalue weighted by Crippen LogP contribution is -2.39. The van der Waals surface area contributed by atoms with Crippen molar-refractivity contribution < 1.29 is 13.6 Å². The average molecular weight is 388 g/mol. The molecule has 0 aliphatic carbocycles. The highest BCUT2D eigenvalue weighted by Crippen LogP contribution is 2.31. The number of aryl methyl sites for hydroxylation is 1. The van der Waals surface area contributed by atoms with Crippen molar-refractivity contribution in [2.75, 3.05) is 13.1 Å². The van der Waals surface area contributed by atoms with Crippen LogP contribution >= 0.6 is 11.3 Å². The number of benzene rings is 1. The van der Waals surface area contributed by atoms with Gasteiger partial charge in [0.15, 0.2) is 0 Å². The summed E-state index contributed by atoms with van der Waals surface area (Å²) in [6, 6.07) is 5.05. The third-order valence-electron chi connectivity index (χ3n) is 4.78. The molecule has 1 aliphatic rings. The number of aromatic nitrogens is 3. The topological polar surface area (TPSA) is 61.9 Å². The molecule has 1 amide bonds. The number of aromatic amines is 1. The molecule has 140 valence electrons. The number of hydrogen-bond acceptors (Lipinski definition) is 4. The number of amides is 1. The summed E-state index contributed by atoms with van der Waals surface area (Å²) in [7, 11) is 0. The van der Waals surface area contributed by atoms with Gasteiger partial charge in [-0.05, 0) is 38.0 Å². The number of piperidine rings is 1. The second-order valence-corrected chi connectivity index (χ2v) is 7.90. The van der Waals surface area contributed by atoms with Crippen molar-refractivity contribution in [3.8, 4) is 10.6 Å². The van der Waals surface area contributed by atoms with Crippen molar-refractivity contribution in [2.45, 2.75) is 25.7 Å². The maximum atomic E-state index is 14.0. The van der Waals surface area contributed by atoms with E-state index in [9.17, 15) is 13.6 Å². The Labute approximate surface area is 159 Å². The summed E-state index contributed by atoms with van der Waals surface area (Å²) in [6.07, 6.45) is 3.53. The molecule has 0 unspecified atom stereocenters. The molecule has 0 spiro atoms. The number of thiazole rings is 1. The maximum absolute atomic E-state index is 14.0. The second kappa shape index (κ2) is 7.19. The minimum Gasteiger partial charge on any atom is -0.338 e. The quantitative estimate of drug-likeness (QED) is 0.734. The molecule has 0 bridgehead atoms. The summed E-state index contributed by atoms with van der Waals surface area (Å²) in [4.78, 5) is 19.5. The van der Waals surface area contributed by atoms with E-state index in [4.69, 9.17) is 0 Å². The molecule has 1 aromatic carbocycles. The molecule has 1 N–H and O–H groups in total. The van der Waals surface area contributed by atoms with Crippen molar-refractivity contribution in [1.29, 1.82) is 0 Å². The molecule has 1 atom stereocenters. The van der Waals surface area contributed by atoms with E-state index in [1.807, 2.05) is 13.0 Å². The van der Waals surface area contributed by atoms with Gasteiger partial charge in [0, 0.05) is 37.0 Å². The van der Waals surface area contributed by atoms with Crippen LogP contribution < -0.4 is 0 Å². The molecule has 3 heterocycles. The lowest BCUT2D eigenvalue weighted by Gasteiger charge is -2.32. The van der Waals surface area contributed by atoms with Gasteiger partial charge in [-0.15, -0.1) is 11.3 Å². The van der Waals surface area contributed by atoms with E-state index < -0.39 is 17.5 Å². The fourth-order valence-electron chi connectivity index (χ4n) is 3.40. The van der Waals surface area contributed by atoms with Crippen LogP contribution in [0.3, 0.4) is 0 Å². The lowest BCUT2D eigenvalue weighted by molar-refractivity contribution is 0.0701. The van der Waals surface area contributed by atoms with Gasteiger partial charge in [0.25, 0.3) is 5.91 Å². The summed E-state index contributed by atoms with van der Waals surface area (Å²) in [5, 5.41) is 8.41. The summed E-state index contributed by atoms with van der Waals surface area (Å²) in [5.41, 5.74) is 1.69. The first kappa shape index (κ1) is 17.8. The first-order chi connectivity index (χ1) is 13.0. The molecule has 5 nitrogen and oxygen atoms in total. The molecule has 8 heteroatoms. The minimum atomic E-state index is -0.827. The standard InChI is InChI=1S/C19H18F2N4OS/c1-11-22-9-18(27-11)17-8-16(23-24-17)12-3-2-6-25(10-12)19(26)14-5-4-13(20)7-15(14)21/h4-5,7-9,12H,2-3,6,10H2,1H3,(H,23,24)/t12-/m0/s1. The Bertz CT molecular complexity index is 984. The third-order valence-corrected chi connectivity index (χ3v) is 5.72. The van der Waals surface area contributed by atoms with Crippen molar-refractivity contribution in [2.24, 2.45) is 0 Å². The van der Waals surface area contributed by atoms with Crippen LogP contribution in [-0.4, -0.2) is 39.1 Å². The molecule has 1 aliphatic heterocycles. The van der Waals surface area contributed by atoms with Crippen LogP contribution in [0.1, 0.15) is 39.8 Å². The summed E-state index contributed by atoms with van der Waals surface area (Å²) in [6.45, 7) is 2.97. The van der Waals surface area contributed by atoms with Gasteiger partial charge in [0.2, 0.25) is 0 Å². The summed E-state index contributed by atoms with van der Waals surface area (Å²) < 4.78 is 27.1. The lowest BCUT2D eigenvalue weighted by atomic mass is 9.94. The van der Waals surface area contributed by atoms with Crippen molar-refractivity contribution in [3.63, 3.8) is 0 Å². The number of H-pyrrole nitrogens is 1. The van der Waals surface area contributed by atoms with E-state index in [0.717, 1.165) is 46.2 Å². The number of rotatable bonds is 3. The Hall–Kier alpha value is -2.61. The van der Waals surface area contributed by atoms with Gasteiger partial charge in [0.05, 0.1) is 15.4 Å². The highest BCUT2D eigenvalue weighted by Gasteiger charge is 2.28. The fraction of sp³-hybridized carbons (Fsp3) is 0.316. The molecular weight excluding hydrogens is 370 g/mol. The van der Waals surface area contributed by atoms with E-state index in [1.165, 1.54) is 6.07 Å². The van der Waals surface area contributed by atoms with E-state index >= 15 is 0 Å². The Kier molecular flexibility index (Phi) is 4.73. The second-order valence-electron chi connectivity index (χ2n) is 6.67. The highest BCUT2D eigenvalue weighted by molar-refractivity contribution is 7.15. The van der Waals surface area contributed by atoms with Crippen LogP contribution in [0.25, 0.3) is 10.6 Å². The highest BCUT2D eigenvalue weighted by atomic mass is 32.1. The molecule has 2 aromatic heterocycles. The first-order valence-corrected chi connectivity index (χ1v) is 9.55. The van der Waals surface area contributed by atoms with Gasteiger partial charge in [-0.2, -0.15) is 5.10 Å². The zero-order chi connectivity index (χ0) is 19.0. The van der Waals surface area contributed by atoms with E-state index in [-0.39, 0.29) is 11.5 Å². The summed E-state index contributed by atoms with van der Waals surface area (Å²) >= 11 is 1.58. The molecule has 0 saturated carbocycles. The van der Waals surface area contributed by atoms with Crippen molar-refractivity contribution in [1.82, 2.24) is 20.1 Å². The number of nitrogens with zero attached hydrogens (tertiary/aromatic N) is 3. The molecule has 1 saturated heterocycles. The van der Waals surface area contributed by atoms with Crippen LogP contribution in [0.2, 0.25) is 0 Å². The average Bonchev–Trinajstić information content (AvgIpc) is 3.30. The third kappa shape index (κ3) is 3.62. The Morgan fingerprint density at radius 3 is 2.93 bits per heavy atom. The maximum Gasteiger partial charge on any atom is 0.256 e. The van der Waals surface area contributed by atoms with Crippen LogP contribution in [0.4, 0.5) is 8.78 Å². The van der Waals surface area contributed by atoms with Crippen LogP contribution in [0, 0.1) is 18.6 Å². The smallest absolute Gasteiger partial charge is 0.256 e. The molecule has 4 rings (SSSR count). The Morgan fingerprint density at radius 2 is 2.19 bits per heavy atom.